The molecule has 10 aromatic rings. The lowest BCUT2D eigenvalue weighted by atomic mass is 9.55. The molecule has 0 atom stereocenters. The molecule has 0 N–H and O–H groups in total. The summed E-state index contributed by atoms with van der Waals surface area (Å²) >= 11 is 0. The Morgan fingerprint density at radius 2 is 0.694 bits per heavy atom. The lowest BCUT2D eigenvalue weighted by Crippen LogP contribution is -2.40. The highest BCUT2D eigenvalue weighted by atomic mass is 15.0. The average molecular weight is 792 g/mol. The second-order valence-electron chi connectivity index (χ2n) is 17.1. The third kappa shape index (κ3) is 5.34. The molecule has 2 aliphatic carbocycles. The lowest BCUT2D eigenvalue weighted by molar-refractivity contribution is 0.563. The van der Waals surface area contributed by atoms with Crippen molar-refractivity contribution >= 4 is 10.8 Å². The maximum atomic E-state index is 5.20. The molecule has 0 unspecified atom stereocenters. The molecule has 0 fully saturated rings. The van der Waals surface area contributed by atoms with Crippen molar-refractivity contribution in [2.75, 3.05) is 0 Å². The molecule has 1 heterocycles. The van der Waals surface area contributed by atoms with Gasteiger partial charge in [0.1, 0.15) is 0 Å². The maximum absolute atomic E-state index is 5.20. The highest BCUT2D eigenvalue weighted by Crippen LogP contribution is 2.62. The molecule has 3 nitrogen and oxygen atoms in total. The van der Waals surface area contributed by atoms with Gasteiger partial charge < -0.3 is 0 Å². The Morgan fingerprint density at radius 1 is 0.274 bits per heavy atom. The maximum Gasteiger partial charge on any atom is 0.164 e. The quantitative estimate of drug-likeness (QED) is 0.174. The van der Waals surface area contributed by atoms with Gasteiger partial charge >= 0.3 is 0 Å². The van der Waals surface area contributed by atoms with Crippen LogP contribution in [0.1, 0.15) is 47.2 Å². The topological polar surface area (TPSA) is 38.7 Å². The summed E-state index contributed by atoms with van der Waals surface area (Å²) in [7, 11) is 0. The van der Waals surface area contributed by atoms with Crippen LogP contribution in [0.15, 0.2) is 212 Å². The van der Waals surface area contributed by atoms with Crippen LogP contribution in [0, 0.1) is 0 Å². The summed E-state index contributed by atoms with van der Waals surface area (Å²) in [5.74, 6) is 1.93. The van der Waals surface area contributed by atoms with E-state index in [2.05, 4.69) is 202 Å². The second kappa shape index (κ2) is 13.9. The third-order valence-electron chi connectivity index (χ3n) is 13.4. The number of benzene rings is 9. The summed E-state index contributed by atoms with van der Waals surface area (Å²) < 4.78 is 0. The van der Waals surface area contributed by atoms with Crippen molar-refractivity contribution in [3.05, 3.63) is 246 Å². The summed E-state index contributed by atoms with van der Waals surface area (Å²) in [5.41, 5.74) is 17.7. The fourth-order valence-corrected chi connectivity index (χ4v) is 10.6. The summed E-state index contributed by atoms with van der Waals surface area (Å²) in [5, 5.41) is 2.24. The van der Waals surface area contributed by atoms with Crippen LogP contribution >= 0.6 is 0 Å². The second-order valence-corrected chi connectivity index (χ2v) is 17.1. The molecule has 12 rings (SSSR count). The molecule has 1 aromatic heterocycles. The van der Waals surface area contributed by atoms with E-state index in [4.69, 9.17) is 15.0 Å². The largest absolute Gasteiger partial charge is 0.208 e. The van der Waals surface area contributed by atoms with Gasteiger partial charge in [0.05, 0.1) is 5.41 Å². The van der Waals surface area contributed by atoms with Crippen LogP contribution in [0.4, 0.5) is 0 Å². The zero-order valence-corrected chi connectivity index (χ0v) is 34.5. The van der Waals surface area contributed by atoms with Crippen molar-refractivity contribution in [3.63, 3.8) is 0 Å². The zero-order valence-electron chi connectivity index (χ0n) is 34.5. The minimum atomic E-state index is -0.423. The Bertz CT molecular complexity index is 3320. The normalized spacial score (nSPS) is 13.9. The molecule has 0 radical (unpaired) electrons. The molecule has 0 amide bonds. The Hall–Kier alpha value is -7.75. The predicted octanol–water partition coefficient (Wildman–Crippen LogP) is 14.4. The Morgan fingerprint density at radius 3 is 1.34 bits per heavy atom. The van der Waals surface area contributed by atoms with Crippen LogP contribution in [-0.4, -0.2) is 15.0 Å². The molecule has 62 heavy (non-hydrogen) atoms. The molecule has 0 saturated heterocycles. The summed E-state index contributed by atoms with van der Waals surface area (Å²) in [6.07, 6.45) is 0. The molecule has 2 aliphatic rings. The first-order chi connectivity index (χ1) is 30.5. The third-order valence-corrected chi connectivity index (χ3v) is 13.4. The van der Waals surface area contributed by atoms with Gasteiger partial charge in [0, 0.05) is 22.1 Å². The van der Waals surface area contributed by atoms with E-state index in [9.17, 15) is 0 Å². The predicted molar refractivity (Wildman–Crippen MR) is 254 cm³/mol. The number of aromatic nitrogens is 3. The van der Waals surface area contributed by atoms with Gasteiger partial charge in [0.15, 0.2) is 17.5 Å². The number of hydrogen-bond acceptors (Lipinski definition) is 3. The van der Waals surface area contributed by atoms with Gasteiger partial charge in [-0.1, -0.05) is 214 Å². The van der Waals surface area contributed by atoms with E-state index >= 15 is 0 Å². The Balaban J connectivity index is 1.02. The van der Waals surface area contributed by atoms with Crippen molar-refractivity contribution in [1.82, 2.24) is 15.0 Å². The number of fused-ring (bicyclic) bond motifs is 10. The van der Waals surface area contributed by atoms with E-state index in [1.54, 1.807) is 0 Å². The number of nitrogens with zero attached hydrogens (tertiary/aromatic N) is 3. The van der Waals surface area contributed by atoms with Crippen LogP contribution in [0.3, 0.4) is 0 Å². The minimum absolute atomic E-state index is 0.134. The minimum Gasteiger partial charge on any atom is -0.208 e. The van der Waals surface area contributed by atoms with Crippen molar-refractivity contribution < 1.29 is 0 Å². The van der Waals surface area contributed by atoms with Crippen LogP contribution in [0.5, 0.6) is 0 Å². The van der Waals surface area contributed by atoms with E-state index in [1.807, 2.05) is 24.3 Å². The highest BCUT2D eigenvalue weighted by molar-refractivity contribution is 6.05. The van der Waals surface area contributed by atoms with Crippen LogP contribution in [-0.2, 0) is 10.8 Å². The number of rotatable bonds is 5. The first-order valence-corrected chi connectivity index (χ1v) is 21.4. The average Bonchev–Trinajstić information content (AvgIpc) is 3.63. The van der Waals surface area contributed by atoms with Gasteiger partial charge in [-0.2, -0.15) is 0 Å². The molecule has 3 heteroatoms. The molecule has 0 bridgehead atoms. The molecule has 0 saturated carbocycles. The smallest absolute Gasteiger partial charge is 0.164 e. The van der Waals surface area contributed by atoms with Crippen molar-refractivity contribution in [3.8, 4) is 67.5 Å². The monoisotopic (exact) mass is 791 g/mol. The van der Waals surface area contributed by atoms with Gasteiger partial charge in [0.2, 0.25) is 0 Å². The fourth-order valence-electron chi connectivity index (χ4n) is 10.6. The first kappa shape index (κ1) is 36.1. The van der Waals surface area contributed by atoms with E-state index < -0.39 is 5.41 Å². The van der Waals surface area contributed by atoms with E-state index in [1.165, 1.54) is 61.2 Å². The molecule has 292 valence electrons. The highest BCUT2D eigenvalue weighted by Gasteiger charge is 2.53. The van der Waals surface area contributed by atoms with Crippen molar-refractivity contribution in [1.29, 1.82) is 0 Å². The summed E-state index contributed by atoms with van der Waals surface area (Å²) in [4.78, 5) is 15.4. The number of hydrogen-bond donors (Lipinski definition) is 0. The SMILES string of the molecule is CC1(C)c2ccccc2C2(c3ccccc3-c3cc(-c4ccc(-c5nc(-c6ccccc6)nc(-c6ccc(-c7ccccc7)cc6)n5)c5ccccc45)ccc32)c2ccccc21. The van der Waals surface area contributed by atoms with Gasteiger partial charge in [-0.3, -0.25) is 0 Å². The summed E-state index contributed by atoms with van der Waals surface area (Å²) in [6, 6.07) is 76.8. The standard InChI is InChI=1S/C59H41N3/c1-58(2)51-25-13-15-27-53(51)59(54-28-16-14-26-52(54)58)49-24-12-11-23-46(49)48-37-42(33-36-50(48)59)43-34-35-47(45-22-10-9-21-44(43)45)57-61-55(40-19-7-4-8-20-40)60-56(62-57)41-31-29-39(30-32-41)38-17-5-3-6-18-38/h3-37H,1-2H3. The molecular weight excluding hydrogens is 751 g/mol. The Labute approximate surface area is 362 Å². The van der Waals surface area contributed by atoms with Crippen molar-refractivity contribution in [2.45, 2.75) is 24.7 Å². The molecular formula is C59H41N3. The van der Waals surface area contributed by atoms with Gasteiger partial charge in [-0.25, -0.2) is 15.0 Å². The van der Waals surface area contributed by atoms with E-state index in [0.717, 1.165) is 33.0 Å². The molecule has 9 aromatic carbocycles. The van der Waals surface area contributed by atoms with Gasteiger partial charge in [0.25, 0.3) is 0 Å². The fraction of sp³-hybridized carbons (Fsp3) is 0.0678. The zero-order chi connectivity index (χ0) is 41.4. The van der Waals surface area contributed by atoms with Crippen LogP contribution in [0.2, 0.25) is 0 Å². The lowest BCUT2D eigenvalue weighted by Gasteiger charge is -2.46. The molecule has 1 spiro atoms. The van der Waals surface area contributed by atoms with Gasteiger partial charge in [-0.05, 0) is 89.7 Å². The Kier molecular flexibility index (Phi) is 8.10. The van der Waals surface area contributed by atoms with E-state index in [0.29, 0.717) is 17.5 Å². The first-order valence-electron chi connectivity index (χ1n) is 21.4. The van der Waals surface area contributed by atoms with Crippen LogP contribution in [0.25, 0.3) is 78.3 Å². The van der Waals surface area contributed by atoms with Crippen LogP contribution < -0.4 is 0 Å². The van der Waals surface area contributed by atoms with E-state index in [-0.39, 0.29) is 5.41 Å². The van der Waals surface area contributed by atoms with Gasteiger partial charge in [-0.15, -0.1) is 0 Å². The summed E-state index contributed by atoms with van der Waals surface area (Å²) in [6.45, 7) is 4.75. The molecule has 0 aliphatic heterocycles. The van der Waals surface area contributed by atoms with Crippen molar-refractivity contribution in [2.24, 2.45) is 0 Å².